The predicted octanol–water partition coefficient (Wildman–Crippen LogP) is 16.9. The lowest BCUT2D eigenvalue weighted by Crippen LogP contribution is -2.45. The van der Waals surface area contributed by atoms with Crippen molar-refractivity contribution in [2.45, 2.75) is 292 Å². The summed E-state index contributed by atoms with van der Waals surface area (Å²) in [6.07, 6.45) is 43.5. The summed E-state index contributed by atoms with van der Waals surface area (Å²) in [6, 6.07) is 0. The first-order valence-electron chi connectivity index (χ1n) is 25.2. The first kappa shape index (κ1) is 55.4. The molecule has 0 aromatic carbocycles. The monoisotopic (exact) mass is 792 g/mol. The maximum Gasteiger partial charge on any atom is 0.225 e. The zero-order valence-corrected chi connectivity index (χ0v) is 40.6. The van der Waals surface area contributed by atoms with Crippen LogP contribution in [0.1, 0.15) is 281 Å². The molecule has 2 atom stereocenters. The maximum absolute atomic E-state index is 14.1. The van der Waals surface area contributed by atoms with Crippen LogP contribution in [0.25, 0.3) is 0 Å². The molecule has 0 saturated carbocycles. The maximum atomic E-state index is 14.1. The van der Waals surface area contributed by atoms with Crippen molar-refractivity contribution >= 4 is 5.91 Å². The lowest BCUT2D eigenvalue weighted by atomic mass is 9.66. The fourth-order valence-electron chi connectivity index (χ4n) is 9.07. The van der Waals surface area contributed by atoms with Gasteiger partial charge in [0.1, 0.15) is 0 Å². The molecule has 0 spiro atoms. The molecule has 4 heteroatoms. The molecule has 1 N–H and O–H groups in total. The number of ether oxygens (including phenoxy) is 2. The summed E-state index contributed by atoms with van der Waals surface area (Å²) in [5, 5.41) is 3.55. The summed E-state index contributed by atoms with van der Waals surface area (Å²) in [5.74, 6) is 0.864. The molecule has 4 nitrogen and oxygen atoms in total. The number of hydrogen-bond acceptors (Lipinski definition) is 3. The van der Waals surface area contributed by atoms with E-state index >= 15 is 0 Å². The van der Waals surface area contributed by atoms with Gasteiger partial charge >= 0.3 is 0 Å². The number of unbranched alkanes of at least 4 members (excludes halogenated alkanes) is 24. The standard InChI is InChI=1S/C52H105NO3/c1-12-16-18-20-22-24-26-28-30-32-34-36-38-40-47(41-39-37-35-33-31-29-27-25-23-21-19-17-13-2)44-53-48(54)52(10,15-4)46-51(9,14-3)45-50(7,8)56-43-42-49(5,6)55-11/h47H,12-46H2,1-11H3,(H,53,54). The number of methoxy groups -OCH3 is 1. The molecular weight excluding hydrogens is 687 g/mol. The van der Waals surface area contributed by atoms with Crippen LogP contribution in [0.5, 0.6) is 0 Å². The summed E-state index contributed by atoms with van der Waals surface area (Å²) >= 11 is 0. The van der Waals surface area contributed by atoms with E-state index in [1.54, 1.807) is 7.11 Å². The molecule has 0 radical (unpaired) electrons. The number of hydrogen-bond donors (Lipinski definition) is 1. The van der Waals surface area contributed by atoms with Crippen molar-refractivity contribution in [3.8, 4) is 0 Å². The molecule has 0 aliphatic carbocycles. The van der Waals surface area contributed by atoms with Crippen LogP contribution in [0.2, 0.25) is 0 Å². The third-order valence-corrected chi connectivity index (χ3v) is 13.6. The third-order valence-electron chi connectivity index (χ3n) is 13.6. The van der Waals surface area contributed by atoms with Crippen LogP contribution in [-0.4, -0.2) is 37.4 Å². The van der Waals surface area contributed by atoms with Crippen LogP contribution < -0.4 is 5.32 Å². The van der Waals surface area contributed by atoms with Crippen molar-refractivity contribution in [3.05, 3.63) is 0 Å². The van der Waals surface area contributed by atoms with Crippen molar-refractivity contribution in [2.24, 2.45) is 16.7 Å². The zero-order valence-electron chi connectivity index (χ0n) is 40.6. The van der Waals surface area contributed by atoms with E-state index in [1.165, 1.54) is 180 Å². The Morgan fingerprint density at radius 3 is 1.21 bits per heavy atom. The molecule has 0 bridgehead atoms. The van der Waals surface area contributed by atoms with E-state index in [2.05, 4.69) is 74.6 Å². The average Bonchev–Trinajstić information content (AvgIpc) is 3.16. The van der Waals surface area contributed by atoms with Crippen molar-refractivity contribution in [3.63, 3.8) is 0 Å². The number of rotatable bonds is 42. The van der Waals surface area contributed by atoms with Gasteiger partial charge in [0, 0.05) is 19.1 Å². The quantitative estimate of drug-likeness (QED) is 0.0627. The highest BCUT2D eigenvalue weighted by molar-refractivity contribution is 5.82. The Kier molecular flexibility index (Phi) is 33.8. The van der Waals surface area contributed by atoms with Crippen molar-refractivity contribution in [1.82, 2.24) is 5.32 Å². The molecule has 0 rings (SSSR count). The Balaban J connectivity index is 4.99. The minimum Gasteiger partial charge on any atom is -0.379 e. The van der Waals surface area contributed by atoms with Crippen molar-refractivity contribution in [2.75, 3.05) is 20.3 Å². The summed E-state index contributed by atoms with van der Waals surface area (Å²) < 4.78 is 12.1. The number of amides is 1. The van der Waals surface area contributed by atoms with Crippen LogP contribution >= 0.6 is 0 Å². The van der Waals surface area contributed by atoms with Gasteiger partial charge in [0.25, 0.3) is 0 Å². The lowest BCUT2D eigenvalue weighted by molar-refractivity contribution is -0.134. The molecule has 2 unspecified atom stereocenters. The molecule has 336 valence electrons. The van der Waals surface area contributed by atoms with Crippen LogP contribution in [-0.2, 0) is 14.3 Å². The van der Waals surface area contributed by atoms with E-state index in [-0.39, 0.29) is 27.9 Å². The Labute approximate surface area is 353 Å². The Hall–Kier alpha value is -0.610. The SMILES string of the molecule is CCCCCCCCCCCCCCCC(CCCCCCCCCCCCCCC)CNC(=O)C(C)(CC)CC(C)(CC)CC(C)(C)OCCC(C)(C)OC. The molecule has 0 heterocycles. The van der Waals surface area contributed by atoms with Gasteiger partial charge in [0.2, 0.25) is 5.91 Å². The van der Waals surface area contributed by atoms with Gasteiger partial charge in [-0.05, 0) is 77.6 Å². The van der Waals surface area contributed by atoms with E-state index in [1.807, 2.05) is 0 Å². The van der Waals surface area contributed by atoms with E-state index in [0.717, 1.165) is 38.6 Å². The predicted molar refractivity (Wildman–Crippen MR) is 249 cm³/mol. The van der Waals surface area contributed by atoms with Crippen LogP contribution in [0.3, 0.4) is 0 Å². The number of carbonyl (C=O) groups is 1. The summed E-state index contributed by atoms with van der Waals surface area (Å²) in [5.41, 5.74) is -0.799. The molecule has 0 fully saturated rings. The molecular formula is C52H105NO3. The molecule has 0 aliphatic heterocycles. The first-order valence-corrected chi connectivity index (χ1v) is 25.2. The molecule has 0 aliphatic rings. The van der Waals surface area contributed by atoms with Crippen LogP contribution in [0.15, 0.2) is 0 Å². The van der Waals surface area contributed by atoms with Crippen molar-refractivity contribution in [1.29, 1.82) is 0 Å². The summed E-state index contributed by atoms with van der Waals surface area (Å²) in [7, 11) is 1.78. The van der Waals surface area contributed by atoms with Gasteiger partial charge in [-0.25, -0.2) is 0 Å². The van der Waals surface area contributed by atoms with Gasteiger partial charge in [-0.15, -0.1) is 0 Å². The lowest BCUT2D eigenvalue weighted by Gasteiger charge is -2.42. The minimum atomic E-state index is -0.381. The molecule has 56 heavy (non-hydrogen) atoms. The Bertz CT molecular complexity index is 855. The second-order valence-electron chi connectivity index (χ2n) is 20.4. The van der Waals surface area contributed by atoms with Crippen LogP contribution in [0, 0.1) is 16.7 Å². The average molecular weight is 792 g/mol. The highest BCUT2D eigenvalue weighted by Crippen LogP contribution is 2.45. The molecule has 0 aromatic heterocycles. The highest BCUT2D eigenvalue weighted by Gasteiger charge is 2.41. The largest absolute Gasteiger partial charge is 0.379 e. The van der Waals surface area contributed by atoms with Crippen LogP contribution in [0.4, 0.5) is 0 Å². The Morgan fingerprint density at radius 2 is 0.875 bits per heavy atom. The molecule has 0 saturated heterocycles. The van der Waals surface area contributed by atoms with Crippen molar-refractivity contribution < 1.29 is 14.3 Å². The van der Waals surface area contributed by atoms with Gasteiger partial charge in [-0.3, -0.25) is 4.79 Å². The highest BCUT2D eigenvalue weighted by atomic mass is 16.5. The smallest absolute Gasteiger partial charge is 0.225 e. The van der Waals surface area contributed by atoms with E-state index in [4.69, 9.17) is 9.47 Å². The van der Waals surface area contributed by atoms with Gasteiger partial charge < -0.3 is 14.8 Å². The van der Waals surface area contributed by atoms with E-state index < -0.39 is 0 Å². The second kappa shape index (κ2) is 34.1. The third kappa shape index (κ3) is 30.4. The fraction of sp³-hybridized carbons (Fsp3) is 0.981. The normalized spacial score (nSPS) is 14.6. The minimum absolute atomic E-state index is 0.0189. The molecule has 0 aromatic rings. The van der Waals surface area contributed by atoms with Gasteiger partial charge in [-0.2, -0.15) is 0 Å². The fourth-order valence-corrected chi connectivity index (χ4v) is 9.07. The number of nitrogens with one attached hydrogen (secondary N) is 1. The van der Waals surface area contributed by atoms with Gasteiger partial charge in [0.15, 0.2) is 0 Å². The first-order chi connectivity index (χ1) is 26.7. The topological polar surface area (TPSA) is 47.6 Å². The Morgan fingerprint density at radius 1 is 0.500 bits per heavy atom. The van der Waals surface area contributed by atoms with Gasteiger partial charge in [-0.1, -0.05) is 215 Å². The van der Waals surface area contributed by atoms with E-state index in [0.29, 0.717) is 12.5 Å². The summed E-state index contributed by atoms with van der Waals surface area (Å²) in [4.78, 5) is 14.1. The summed E-state index contributed by atoms with van der Waals surface area (Å²) in [6.45, 7) is 23.9. The van der Waals surface area contributed by atoms with Gasteiger partial charge in [0.05, 0.1) is 17.8 Å². The number of carbonyl (C=O) groups excluding carboxylic acids is 1. The van der Waals surface area contributed by atoms with E-state index in [9.17, 15) is 4.79 Å². The second-order valence-corrected chi connectivity index (χ2v) is 20.4. The zero-order chi connectivity index (χ0) is 42.0. The molecule has 1 amide bonds.